The first-order valence-electron chi connectivity index (χ1n) is 12.7. The molecule has 1 aromatic rings. The van der Waals surface area contributed by atoms with E-state index >= 15 is 0 Å². The van der Waals surface area contributed by atoms with Gasteiger partial charge in [0.15, 0.2) is 5.92 Å². The summed E-state index contributed by atoms with van der Waals surface area (Å²) in [5, 5.41) is 12.3. The molecule has 4 unspecified atom stereocenters. The topological polar surface area (TPSA) is 65.0 Å². The molecule has 4 atom stereocenters. The first kappa shape index (κ1) is 27.8. The fraction of sp³-hybridized carbons (Fsp3) is 0.720. The third-order valence-corrected chi connectivity index (χ3v) is 9.16. The second-order valence-corrected chi connectivity index (χ2v) is 11.5. The molecule has 4 heterocycles. The molecule has 1 aromatic carbocycles. The van der Waals surface area contributed by atoms with Gasteiger partial charge in [-0.15, -0.1) is 0 Å². The molecule has 0 amide bonds. The lowest BCUT2D eigenvalue weighted by atomic mass is 9.80. The molecule has 13 heteroatoms. The maximum atomic E-state index is 13.6. The molecule has 0 aromatic heterocycles. The molecule has 0 aliphatic carbocycles. The summed E-state index contributed by atoms with van der Waals surface area (Å²) in [5.41, 5.74) is 1.78. The average Bonchev–Trinajstić information content (AvgIpc) is 3.48. The Labute approximate surface area is 221 Å². The van der Waals surface area contributed by atoms with Crippen molar-refractivity contribution in [2.45, 2.75) is 50.2 Å². The highest BCUT2D eigenvalue weighted by Crippen LogP contribution is 2.49. The summed E-state index contributed by atoms with van der Waals surface area (Å²) in [6.07, 6.45) is -8.24. The smallest absolute Gasteiger partial charge is 0.402 e. The number of nitrogens with one attached hydrogen (secondary N) is 1. The van der Waals surface area contributed by atoms with Crippen LogP contribution in [0.1, 0.15) is 24.8 Å². The monoisotopic (exact) mass is 569 g/mol. The van der Waals surface area contributed by atoms with Gasteiger partial charge in [-0.05, 0) is 42.2 Å². The van der Waals surface area contributed by atoms with Gasteiger partial charge in [0.1, 0.15) is 6.04 Å². The van der Waals surface area contributed by atoms with E-state index in [9.17, 15) is 36.2 Å². The van der Waals surface area contributed by atoms with Crippen LogP contribution < -0.4 is 10.2 Å². The number of rotatable bonds is 5. The third-order valence-electron chi connectivity index (χ3n) is 8.85. The number of carboxylic acid groups (broad SMARTS) is 1. The molecule has 6 nitrogen and oxygen atoms in total. The second kappa shape index (κ2) is 10.0. The van der Waals surface area contributed by atoms with Crippen LogP contribution in [-0.2, 0) is 16.1 Å². The standard InChI is InChI=1S/C25H30ClF6N3O3/c26-17-3-1-2-14(20(17)35-7-4-23(13-35)5-8-38-9-6-23)10-34-11-15-16(12-34)19(22(36)37)33-18(15)21(24(27,28)29)25(30,31)32/h1-3,15-16,18-19,21,33H,4-13H2,(H,36,37). The number of carboxylic acids is 1. The zero-order valence-corrected chi connectivity index (χ0v) is 21.2. The number of benzene rings is 1. The normalized spacial score (nSPS) is 29.9. The van der Waals surface area contributed by atoms with E-state index in [4.69, 9.17) is 16.3 Å². The number of anilines is 1. The third kappa shape index (κ3) is 5.21. The van der Waals surface area contributed by atoms with Crippen molar-refractivity contribution in [1.29, 1.82) is 0 Å². The summed E-state index contributed by atoms with van der Waals surface area (Å²) < 4.78 is 86.9. The molecule has 4 aliphatic heterocycles. The number of halogens is 7. The number of para-hydroxylation sites is 1. The first-order valence-corrected chi connectivity index (χ1v) is 13.1. The fourth-order valence-corrected chi connectivity index (χ4v) is 7.38. The highest BCUT2D eigenvalue weighted by Gasteiger charge is 2.66. The number of nitrogens with zero attached hydrogens (tertiary/aromatic N) is 2. The van der Waals surface area contributed by atoms with Crippen molar-refractivity contribution >= 4 is 23.3 Å². The Morgan fingerprint density at radius 1 is 1.11 bits per heavy atom. The van der Waals surface area contributed by atoms with Gasteiger partial charge in [0.05, 0.1) is 10.7 Å². The number of hydrogen-bond donors (Lipinski definition) is 2. The zero-order valence-electron chi connectivity index (χ0n) is 20.5. The Balaban J connectivity index is 1.38. The largest absolute Gasteiger partial charge is 0.480 e. The van der Waals surface area contributed by atoms with Crippen LogP contribution in [0.3, 0.4) is 0 Å². The van der Waals surface area contributed by atoms with E-state index in [0.717, 1.165) is 43.6 Å². The number of alkyl halides is 6. The van der Waals surface area contributed by atoms with Crippen molar-refractivity contribution in [1.82, 2.24) is 10.2 Å². The van der Waals surface area contributed by atoms with E-state index in [2.05, 4.69) is 10.2 Å². The molecule has 4 aliphatic rings. The average molecular weight is 570 g/mol. The van der Waals surface area contributed by atoms with Crippen LogP contribution in [0.15, 0.2) is 18.2 Å². The van der Waals surface area contributed by atoms with Crippen LogP contribution in [0.25, 0.3) is 0 Å². The van der Waals surface area contributed by atoms with E-state index in [1.807, 2.05) is 6.07 Å². The number of ether oxygens (including phenoxy) is 1. The molecule has 0 bridgehead atoms. The number of fused-ring (bicyclic) bond motifs is 1. The summed E-state index contributed by atoms with van der Waals surface area (Å²) >= 11 is 6.63. The Morgan fingerprint density at radius 2 is 1.76 bits per heavy atom. The summed E-state index contributed by atoms with van der Waals surface area (Å²) in [5.74, 6) is -7.10. The van der Waals surface area contributed by atoms with Crippen LogP contribution in [0.5, 0.6) is 0 Å². The summed E-state index contributed by atoms with van der Waals surface area (Å²) in [6, 6.07) is 1.84. The van der Waals surface area contributed by atoms with Crippen molar-refractivity contribution in [2.75, 3.05) is 44.3 Å². The van der Waals surface area contributed by atoms with E-state index in [0.29, 0.717) is 18.2 Å². The predicted octanol–water partition coefficient (Wildman–Crippen LogP) is 4.56. The van der Waals surface area contributed by atoms with E-state index in [1.54, 1.807) is 17.0 Å². The van der Waals surface area contributed by atoms with Gasteiger partial charge in [0.25, 0.3) is 0 Å². The molecule has 212 valence electrons. The minimum Gasteiger partial charge on any atom is -0.480 e. The summed E-state index contributed by atoms with van der Waals surface area (Å²) in [4.78, 5) is 15.8. The minimum absolute atomic E-state index is 0.0702. The number of carbonyl (C=O) groups is 1. The maximum absolute atomic E-state index is 13.6. The van der Waals surface area contributed by atoms with Gasteiger partial charge in [0.2, 0.25) is 0 Å². The SMILES string of the molecule is O=C(O)C1NC(C(C(F)(F)F)C(F)(F)F)C2CN(Cc3cccc(Cl)c3N3CCC4(CCOCC4)C3)CC12. The van der Waals surface area contributed by atoms with Gasteiger partial charge >= 0.3 is 18.3 Å². The molecule has 38 heavy (non-hydrogen) atoms. The lowest BCUT2D eigenvalue weighted by Crippen LogP contribution is -2.53. The van der Waals surface area contributed by atoms with Crippen molar-refractivity contribution in [2.24, 2.45) is 23.2 Å². The van der Waals surface area contributed by atoms with Crippen molar-refractivity contribution in [3.05, 3.63) is 28.8 Å². The molecule has 4 fully saturated rings. The van der Waals surface area contributed by atoms with Gasteiger partial charge in [-0.1, -0.05) is 23.7 Å². The van der Waals surface area contributed by atoms with Crippen LogP contribution in [0.4, 0.5) is 32.0 Å². The maximum Gasteiger partial charge on any atom is 0.402 e. The van der Waals surface area contributed by atoms with Crippen molar-refractivity contribution in [3.63, 3.8) is 0 Å². The second-order valence-electron chi connectivity index (χ2n) is 11.1. The van der Waals surface area contributed by atoms with Crippen molar-refractivity contribution in [3.8, 4) is 0 Å². The fourth-order valence-electron chi connectivity index (χ4n) is 7.07. The van der Waals surface area contributed by atoms with E-state index in [-0.39, 0.29) is 25.0 Å². The quantitative estimate of drug-likeness (QED) is 0.507. The first-order chi connectivity index (χ1) is 17.8. The molecule has 2 N–H and O–H groups in total. The Kier molecular flexibility index (Phi) is 7.32. The molecule has 1 spiro atoms. The molecular weight excluding hydrogens is 540 g/mol. The van der Waals surface area contributed by atoms with Gasteiger partial charge in [-0.25, -0.2) is 0 Å². The van der Waals surface area contributed by atoms with Gasteiger partial charge in [-0.2, -0.15) is 26.3 Å². The molecule has 0 radical (unpaired) electrons. The Hall–Kier alpha value is -1.76. The van der Waals surface area contributed by atoms with E-state index < -0.39 is 48.2 Å². The van der Waals surface area contributed by atoms with Crippen LogP contribution >= 0.6 is 11.6 Å². The van der Waals surface area contributed by atoms with Crippen LogP contribution in [-0.4, -0.2) is 79.8 Å². The van der Waals surface area contributed by atoms with Gasteiger partial charge < -0.3 is 20.1 Å². The Bertz CT molecular complexity index is 1030. The lowest BCUT2D eigenvalue weighted by Gasteiger charge is -2.34. The number of hydrogen-bond acceptors (Lipinski definition) is 5. The lowest BCUT2D eigenvalue weighted by molar-refractivity contribution is -0.293. The molecular formula is C25H30ClF6N3O3. The zero-order chi connectivity index (χ0) is 27.5. The molecule has 4 saturated heterocycles. The van der Waals surface area contributed by atoms with Crippen LogP contribution in [0, 0.1) is 23.2 Å². The summed E-state index contributed by atoms with van der Waals surface area (Å²) in [7, 11) is 0. The summed E-state index contributed by atoms with van der Waals surface area (Å²) in [6.45, 7) is 3.23. The number of aliphatic carboxylic acids is 1. The minimum atomic E-state index is -5.56. The highest BCUT2D eigenvalue weighted by molar-refractivity contribution is 6.33. The van der Waals surface area contributed by atoms with Gasteiger partial charge in [-0.3, -0.25) is 9.69 Å². The van der Waals surface area contributed by atoms with Gasteiger partial charge in [0, 0.05) is 57.9 Å². The van der Waals surface area contributed by atoms with E-state index in [1.165, 1.54) is 0 Å². The molecule has 0 saturated carbocycles. The predicted molar refractivity (Wildman–Crippen MR) is 127 cm³/mol. The Morgan fingerprint density at radius 3 is 2.39 bits per heavy atom. The van der Waals surface area contributed by atoms with Crippen LogP contribution in [0.2, 0.25) is 5.02 Å². The molecule has 5 rings (SSSR count). The highest BCUT2D eigenvalue weighted by atomic mass is 35.5. The number of likely N-dealkylation sites (tertiary alicyclic amines) is 1. The van der Waals surface area contributed by atoms with Crippen molar-refractivity contribution < 1.29 is 41.0 Å².